The van der Waals surface area contributed by atoms with Crippen molar-refractivity contribution in [3.05, 3.63) is 59.2 Å². The number of nitrogens with zero attached hydrogens (tertiary/aromatic N) is 1. The van der Waals surface area contributed by atoms with Crippen molar-refractivity contribution in [3.63, 3.8) is 0 Å². The molecular formula is C20H21NO3. The van der Waals surface area contributed by atoms with E-state index in [1.165, 1.54) is 11.6 Å². The minimum atomic E-state index is 0.664. The molecule has 0 N–H and O–H groups in total. The highest BCUT2D eigenvalue weighted by molar-refractivity contribution is 5.85. The Morgan fingerprint density at radius 1 is 1.00 bits per heavy atom. The number of aryl methyl sites for hydroxylation is 1. The molecule has 24 heavy (non-hydrogen) atoms. The summed E-state index contributed by atoms with van der Waals surface area (Å²) in [4.78, 5) is 0. The number of rotatable bonds is 6. The Balaban J connectivity index is 2.64. The lowest BCUT2D eigenvalue weighted by Crippen LogP contribution is -1.97. The van der Waals surface area contributed by atoms with Gasteiger partial charge in [0.05, 0.1) is 27.4 Å². The lowest BCUT2D eigenvalue weighted by atomic mass is 9.95. The van der Waals surface area contributed by atoms with Gasteiger partial charge in [-0.2, -0.15) is 5.26 Å². The number of hydrogen-bond acceptors (Lipinski definition) is 4. The van der Waals surface area contributed by atoms with Crippen molar-refractivity contribution in [2.45, 2.75) is 13.3 Å². The van der Waals surface area contributed by atoms with Crippen LogP contribution in [0.2, 0.25) is 0 Å². The van der Waals surface area contributed by atoms with E-state index >= 15 is 0 Å². The zero-order valence-corrected chi connectivity index (χ0v) is 14.4. The van der Waals surface area contributed by atoms with Crippen LogP contribution in [0.5, 0.6) is 17.2 Å². The van der Waals surface area contributed by atoms with Crippen LogP contribution < -0.4 is 14.2 Å². The van der Waals surface area contributed by atoms with E-state index in [0.717, 1.165) is 28.9 Å². The molecule has 124 valence electrons. The average molecular weight is 323 g/mol. The van der Waals surface area contributed by atoms with E-state index in [2.05, 4.69) is 13.0 Å². The van der Waals surface area contributed by atoms with Crippen molar-refractivity contribution in [3.8, 4) is 23.3 Å². The molecule has 0 aliphatic carbocycles. The molecule has 0 atom stereocenters. The largest absolute Gasteiger partial charge is 0.497 e. The van der Waals surface area contributed by atoms with Crippen LogP contribution in [0.3, 0.4) is 0 Å². The van der Waals surface area contributed by atoms with Gasteiger partial charge in [-0.15, -0.1) is 0 Å². The standard InChI is InChI=1S/C20H21NO3/c1-5-14-6-7-19(20(10-14)24-4)18(8-9-21)15-11-16(22-2)13-17(12-15)23-3/h6-8,10-13H,5H2,1-4H3/b18-8-. The van der Waals surface area contributed by atoms with Crippen molar-refractivity contribution in [1.29, 1.82) is 5.26 Å². The van der Waals surface area contributed by atoms with Crippen LogP contribution in [0, 0.1) is 11.3 Å². The van der Waals surface area contributed by atoms with E-state index in [1.54, 1.807) is 27.4 Å². The molecule has 2 rings (SSSR count). The van der Waals surface area contributed by atoms with Gasteiger partial charge in [-0.1, -0.05) is 19.1 Å². The first-order valence-electron chi connectivity index (χ1n) is 7.67. The summed E-state index contributed by atoms with van der Waals surface area (Å²) in [5.74, 6) is 2.06. The summed E-state index contributed by atoms with van der Waals surface area (Å²) in [5.41, 5.74) is 3.62. The summed E-state index contributed by atoms with van der Waals surface area (Å²) in [6.45, 7) is 2.09. The first kappa shape index (κ1) is 17.4. The molecule has 2 aromatic rings. The van der Waals surface area contributed by atoms with Gasteiger partial charge >= 0.3 is 0 Å². The van der Waals surface area contributed by atoms with Gasteiger partial charge in [0.2, 0.25) is 0 Å². The maximum Gasteiger partial charge on any atom is 0.127 e. The van der Waals surface area contributed by atoms with Gasteiger partial charge in [-0.25, -0.2) is 0 Å². The molecule has 0 aliphatic heterocycles. The third kappa shape index (κ3) is 3.69. The van der Waals surface area contributed by atoms with Crippen molar-refractivity contribution in [2.24, 2.45) is 0 Å². The lowest BCUT2D eigenvalue weighted by Gasteiger charge is -2.15. The molecule has 2 aromatic carbocycles. The van der Waals surface area contributed by atoms with E-state index in [-0.39, 0.29) is 0 Å². The number of ether oxygens (including phenoxy) is 3. The zero-order chi connectivity index (χ0) is 17.5. The van der Waals surface area contributed by atoms with Gasteiger partial charge in [-0.05, 0) is 35.7 Å². The molecule has 0 heterocycles. The molecule has 0 unspecified atom stereocenters. The minimum absolute atomic E-state index is 0.664. The molecule has 4 heteroatoms. The third-order valence-corrected chi connectivity index (χ3v) is 3.84. The number of nitriles is 1. The van der Waals surface area contributed by atoms with Crippen LogP contribution >= 0.6 is 0 Å². The van der Waals surface area contributed by atoms with Gasteiger partial charge in [-0.3, -0.25) is 0 Å². The number of allylic oxidation sites excluding steroid dienone is 1. The van der Waals surface area contributed by atoms with Gasteiger partial charge in [0, 0.05) is 23.3 Å². The predicted molar refractivity (Wildman–Crippen MR) is 94.6 cm³/mol. The maximum atomic E-state index is 9.25. The fourth-order valence-corrected chi connectivity index (χ4v) is 2.52. The van der Waals surface area contributed by atoms with Crippen LogP contribution in [-0.2, 0) is 6.42 Å². The van der Waals surface area contributed by atoms with Gasteiger partial charge in [0.1, 0.15) is 17.2 Å². The SMILES string of the molecule is CCc1ccc(/C(=C\C#N)c2cc(OC)cc(OC)c2)c(OC)c1. The Kier molecular flexibility index (Phi) is 5.86. The molecule has 0 aromatic heterocycles. The van der Waals surface area contributed by atoms with E-state index in [9.17, 15) is 5.26 Å². The second-order valence-electron chi connectivity index (χ2n) is 5.18. The second-order valence-corrected chi connectivity index (χ2v) is 5.18. The molecule has 0 amide bonds. The van der Waals surface area contributed by atoms with Crippen LogP contribution in [-0.4, -0.2) is 21.3 Å². The Hall–Kier alpha value is -2.93. The normalized spacial score (nSPS) is 10.9. The second kappa shape index (κ2) is 8.07. The molecule has 4 nitrogen and oxygen atoms in total. The fourth-order valence-electron chi connectivity index (χ4n) is 2.52. The quantitative estimate of drug-likeness (QED) is 0.747. The molecule has 0 saturated heterocycles. The van der Waals surface area contributed by atoms with Crippen LogP contribution in [0.25, 0.3) is 5.57 Å². The summed E-state index contributed by atoms with van der Waals surface area (Å²) in [6, 6.07) is 13.7. The van der Waals surface area contributed by atoms with E-state index in [4.69, 9.17) is 14.2 Å². The molecular weight excluding hydrogens is 302 g/mol. The fraction of sp³-hybridized carbons (Fsp3) is 0.250. The lowest BCUT2D eigenvalue weighted by molar-refractivity contribution is 0.394. The molecule has 0 spiro atoms. The maximum absolute atomic E-state index is 9.25. The molecule has 0 aliphatic rings. The summed E-state index contributed by atoms with van der Waals surface area (Å²) in [5, 5.41) is 9.25. The topological polar surface area (TPSA) is 51.5 Å². The highest BCUT2D eigenvalue weighted by Crippen LogP contribution is 2.35. The highest BCUT2D eigenvalue weighted by atomic mass is 16.5. The van der Waals surface area contributed by atoms with E-state index in [1.807, 2.05) is 30.3 Å². The smallest absolute Gasteiger partial charge is 0.127 e. The third-order valence-electron chi connectivity index (χ3n) is 3.84. The van der Waals surface area contributed by atoms with Crippen molar-refractivity contribution in [1.82, 2.24) is 0 Å². The Labute approximate surface area is 142 Å². The first-order chi connectivity index (χ1) is 11.7. The predicted octanol–water partition coefficient (Wildman–Crippen LogP) is 4.23. The first-order valence-corrected chi connectivity index (χ1v) is 7.67. The van der Waals surface area contributed by atoms with E-state index in [0.29, 0.717) is 11.5 Å². The Morgan fingerprint density at radius 3 is 2.17 bits per heavy atom. The van der Waals surface area contributed by atoms with Crippen molar-refractivity contribution < 1.29 is 14.2 Å². The summed E-state index contributed by atoms with van der Waals surface area (Å²) < 4.78 is 16.2. The summed E-state index contributed by atoms with van der Waals surface area (Å²) in [6.07, 6.45) is 2.43. The average Bonchev–Trinajstić information content (AvgIpc) is 2.65. The molecule has 0 radical (unpaired) electrons. The van der Waals surface area contributed by atoms with Gasteiger partial charge < -0.3 is 14.2 Å². The molecule has 0 fully saturated rings. The van der Waals surface area contributed by atoms with Crippen molar-refractivity contribution >= 4 is 5.57 Å². The summed E-state index contributed by atoms with van der Waals surface area (Å²) >= 11 is 0. The Bertz CT molecular complexity index is 766. The number of benzene rings is 2. The zero-order valence-electron chi connectivity index (χ0n) is 14.4. The van der Waals surface area contributed by atoms with Gasteiger partial charge in [0.25, 0.3) is 0 Å². The highest BCUT2D eigenvalue weighted by Gasteiger charge is 2.14. The van der Waals surface area contributed by atoms with Crippen LogP contribution in [0.1, 0.15) is 23.6 Å². The molecule has 0 bridgehead atoms. The van der Waals surface area contributed by atoms with Gasteiger partial charge in [0.15, 0.2) is 0 Å². The number of methoxy groups -OCH3 is 3. The number of hydrogen-bond donors (Lipinski definition) is 0. The van der Waals surface area contributed by atoms with Crippen LogP contribution in [0.15, 0.2) is 42.5 Å². The summed E-state index contributed by atoms with van der Waals surface area (Å²) in [7, 11) is 4.83. The molecule has 0 saturated carbocycles. The van der Waals surface area contributed by atoms with Crippen LogP contribution in [0.4, 0.5) is 0 Å². The van der Waals surface area contributed by atoms with E-state index < -0.39 is 0 Å². The minimum Gasteiger partial charge on any atom is -0.497 e. The van der Waals surface area contributed by atoms with Crippen molar-refractivity contribution in [2.75, 3.05) is 21.3 Å². The Morgan fingerprint density at radius 2 is 1.67 bits per heavy atom. The monoisotopic (exact) mass is 323 g/mol.